The molecule has 0 aliphatic carbocycles. The molecule has 1 heterocycles. The summed E-state index contributed by atoms with van der Waals surface area (Å²) in [4.78, 5) is 18.4. The van der Waals surface area contributed by atoms with Gasteiger partial charge in [-0.3, -0.25) is 9.79 Å². The van der Waals surface area contributed by atoms with Crippen LogP contribution in [0.4, 0.5) is 10.1 Å². The topological polar surface area (TPSA) is 56.7 Å². The maximum absolute atomic E-state index is 13.2. The van der Waals surface area contributed by atoms with Crippen LogP contribution in [-0.2, 0) is 17.8 Å². The highest BCUT2D eigenvalue weighted by molar-refractivity contribution is 14.0. The van der Waals surface area contributed by atoms with E-state index in [1.165, 1.54) is 17.7 Å². The summed E-state index contributed by atoms with van der Waals surface area (Å²) in [6.45, 7) is 1.28. The van der Waals surface area contributed by atoms with Crippen LogP contribution in [0.5, 0.6) is 0 Å². The number of carbonyl (C=O) groups is 1. The van der Waals surface area contributed by atoms with Crippen LogP contribution in [0.3, 0.4) is 0 Å². The second-order valence-electron chi connectivity index (χ2n) is 5.83. The Morgan fingerprint density at radius 3 is 2.77 bits per heavy atom. The fraction of sp³-hybridized carbons (Fsp3) is 0.263. The van der Waals surface area contributed by atoms with E-state index in [1.54, 1.807) is 18.0 Å². The number of amides is 1. The molecule has 0 aromatic heterocycles. The van der Waals surface area contributed by atoms with Crippen LogP contribution >= 0.6 is 24.0 Å². The highest BCUT2D eigenvalue weighted by atomic mass is 127. The molecule has 0 unspecified atom stereocenters. The lowest BCUT2D eigenvalue weighted by atomic mass is 10.2. The van der Waals surface area contributed by atoms with Gasteiger partial charge in [-0.2, -0.15) is 0 Å². The summed E-state index contributed by atoms with van der Waals surface area (Å²) in [5.74, 6) is 0.230. The van der Waals surface area contributed by atoms with Crippen LogP contribution in [0.15, 0.2) is 53.5 Å². The highest BCUT2D eigenvalue weighted by Crippen LogP contribution is 2.27. The van der Waals surface area contributed by atoms with E-state index >= 15 is 0 Å². The lowest BCUT2D eigenvalue weighted by Gasteiger charge is -2.18. The molecule has 0 saturated carbocycles. The Balaban J connectivity index is 0.00000243. The molecule has 1 aliphatic heterocycles. The second-order valence-corrected chi connectivity index (χ2v) is 5.83. The molecule has 2 aromatic rings. The summed E-state index contributed by atoms with van der Waals surface area (Å²) in [7, 11) is 1.64. The maximum Gasteiger partial charge on any atom is 0.246 e. The van der Waals surface area contributed by atoms with Gasteiger partial charge in [-0.1, -0.05) is 30.3 Å². The molecule has 2 N–H and O–H groups in total. The van der Waals surface area contributed by atoms with Gasteiger partial charge < -0.3 is 15.5 Å². The molecule has 2 aromatic carbocycles. The summed E-state index contributed by atoms with van der Waals surface area (Å²) in [5.41, 5.74) is 2.99. The number of halogens is 2. The van der Waals surface area contributed by atoms with E-state index in [2.05, 4.69) is 21.7 Å². The Morgan fingerprint density at radius 1 is 1.19 bits per heavy atom. The van der Waals surface area contributed by atoms with E-state index in [-0.39, 0.29) is 42.2 Å². The molecule has 7 heteroatoms. The van der Waals surface area contributed by atoms with Gasteiger partial charge in [0.15, 0.2) is 5.96 Å². The Hall–Kier alpha value is -2.16. The zero-order valence-corrected chi connectivity index (χ0v) is 16.9. The first kappa shape index (κ1) is 20.2. The third-order valence-electron chi connectivity index (χ3n) is 4.17. The van der Waals surface area contributed by atoms with Crippen molar-refractivity contribution < 1.29 is 9.18 Å². The van der Waals surface area contributed by atoms with Crippen molar-refractivity contribution in [1.29, 1.82) is 0 Å². The minimum atomic E-state index is -0.273. The van der Waals surface area contributed by atoms with Crippen LogP contribution < -0.4 is 15.5 Å². The van der Waals surface area contributed by atoms with Crippen molar-refractivity contribution in [2.45, 2.75) is 13.0 Å². The summed E-state index contributed by atoms with van der Waals surface area (Å²) >= 11 is 0. The highest BCUT2D eigenvalue weighted by Gasteiger charge is 2.23. The van der Waals surface area contributed by atoms with E-state index in [9.17, 15) is 9.18 Å². The van der Waals surface area contributed by atoms with Crippen molar-refractivity contribution >= 4 is 41.5 Å². The maximum atomic E-state index is 13.2. The number of anilines is 1. The zero-order chi connectivity index (χ0) is 17.6. The molecule has 3 rings (SSSR count). The first-order valence-corrected chi connectivity index (χ1v) is 8.24. The van der Waals surface area contributed by atoms with Crippen molar-refractivity contribution in [3.63, 3.8) is 0 Å². The molecule has 0 spiro atoms. The van der Waals surface area contributed by atoms with Crippen molar-refractivity contribution in [3.8, 4) is 0 Å². The summed E-state index contributed by atoms with van der Waals surface area (Å²) in [6.07, 6.45) is 0.883. The molecule has 26 heavy (non-hydrogen) atoms. The van der Waals surface area contributed by atoms with Gasteiger partial charge in [0.1, 0.15) is 5.82 Å². The van der Waals surface area contributed by atoms with Gasteiger partial charge >= 0.3 is 0 Å². The molecular weight excluding hydrogens is 446 g/mol. The number of guanidine groups is 1. The molecule has 0 bridgehead atoms. The Bertz CT molecular complexity index is 797. The number of hydrogen-bond donors (Lipinski definition) is 2. The van der Waals surface area contributed by atoms with E-state index < -0.39 is 0 Å². The fourth-order valence-corrected chi connectivity index (χ4v) is 2.91. The smallest absolute Gasteiger partial charge is 0.246 e. The largest absolute Gasteiger partial charge is 0.352 e. The van der Waals surface area contributed by atoms with E-state index in [4.69, 9.17) is 0 Å². The summed E-state index contributed by atoms with van der Waals surface area (Å²) in [6, 6.07) is 14.3. The normalized spacial score (nSPS) is 13.0. The van der Waals surface area contributed by atoms with Gasteiger partial charge in [0.2, 0.25) is 5.91 Å². The van der Waals surface area contributed by atoms with Gasteiger partial charge in [-0.25, -0.2) is 4.39 Å². The summed E-state index contributed by atoms with van der Waals surface area (Å²) in [5, 5.41) is 6.10. The van der Waals surface area contributed by atoms with Crippen LogP contribution in [0.1, 0.15) is 11.1 Å². The number of aliphatic imine (C=N–C) groups is 1. The summed E-state index contributed by atoms with van der Waals surface area (Å²) < 4.78 is 13.2. The van der Waals surface area contributed by atoms with Crippen molar-refractivity contribution in [3.05, 3.63) is 65.5 Å². The molecule has 5 nitrogen and oxygen atoms in total. The Labute approximate surface area is 169 Å². The van der Waals surface area contributed by atoms with Gasteiger partial charge in [0, 0.05) is 25.8 Å². The van der Waals surface area contributed by atoms with Crippen LogP contribution in [0, 0.1) is 5.82 Å². The number of para-hydroxylation sites is 1. The molecule has 1 aliphatic rings. The molecule has 138 valence electrons. The molecule has 0 fully saturated rings. The van der Waals surface area contributed by atoms with Gasteiger partial charge in [-0.05, 0) is 35.7 Å². The van der Waals surface area contributed by atoms with E-state index in [0.29, 0.717) is 19.0 Å². The number of carbonyl (C=O) groups excluding carboxylic acids is 1. The predicted octanol–water partition coefficient (Wildman–Crippen LogP) is 2.70. The van der Waals surface area contributed by atoms with Gasteiger partial charge in [0.25, 0.3) is 0 Å². The third-order valence-corrected chi connectivity index (χ3v) is 4.17. The number of nitrogens with one attached hydrogen (secondary N) is 2. The second kappa shape index (κ2) is 9.51. The zero-order valence-electron chi connectivity index (χ0n) is 14.5. The predicted molar refractivity (Wildman–Crippen MR) is 113 cm³/mol. The monoisotopic (exact) mass is 468 g/mol. The standard InChI is InChI=1S/C19H21FN4O.HI/c1-21-19(22-12-14-5-4-7-16(20)11-14)23-13-18(25)24-10-9-15-6-2-3-8-17(15)24;/h2-8,11H,9-10,12-13H2,1H3,(H2,21,22,23);1H. The van der Waals surface area contributed by atoms with E-state index in [0.717, 1.165) is 17.7 Å². The van der Waals surface area contributed by atoms with Gasteiger partial charge in [0.05, 0.1) is 6.54 Å². The average molecular weight is 468 g/mol. The lowest BCUT2D eigenvalue weighted by Crippen LogP contribution is -2.44. The first-order chi connectivity index (χ1) is 12.2. The molecule has 0 saturated heterocycles. The number of fused-ring (bicyclic) bond motifs is 1. The Kier molecular flexibility index (Phi) is 7.38. The number of hydrogen-bond acceptors (Lipinski definition) is 2. The molecule has 0 atom stereocenters. The number of nitrogens with zero attached hydrogens (tertiary/aromatic N) is 2. The quantitative estimate of drug-likeness (QED) is 0.412. The van der Waals surface area contributed by atoms with Crippen LogP contribution in [0.2, 0.25) is 0 Å². The van der Waals surface area contributed by atoms with Crippen molar-refractivity contribution in [2.24, 2.45) is 4.99 Å². The molecule has 0 radical (unpaired) electrons. The lowest BCUT2D eigenvalue weighted by molar-refractivity contribution is -0.117. The first-order valence-electron chi connectivity index (χ1n) is 8.24. The van der Waals surface area contributed by atoms with Crippen molar-refractivity contribution in [1.82, 2.24) is 10.6 Å². The minimum Gasteiger partial charge on any atom is -0.352 e. The van der Waals surface area contributed by atoms with Crippen molar-refractivity contribution in [2.75, 3.05) is 25.0 Å². The molecular formula is C19H22FIN4O. The van der Waals surface area contributed by atoms with Crippen LogP contribution in [0.25, 0.3) is 0 Å². The van der Waals surface area contributed by atoms with E-state index in [1.807, 2.05) is 24.3 Å². The molecule has 1 amide bonds. The Morgan fingerprint density at radius 2 is 2.00 bits per heavy atom. The van der Waals surface area contributed by atoms with Crippen LogP contribution in [-0.4, -0.2) is 32.0 Å². The fourth-order valence-electron chi connectivity index (χ4n) is 2.91. The SMILES string of the molecule is CN=C(NCC(=O)N1CCc2ccccc21)NCc1cccc(F)c1.I. The average Bonchev–Trinajstić information content (AvgIpc) is 3.06. The van der Waals surface area contributed by atoms with Gasteiger partial charge in [-0.15, -0.1) is 24.0 Å². The number of rotatable bonds is 4. The minimum absolute atomic E-state index is 0. The number of benzene rings is 2. The third kappa shape index (κ3) is 4.94.